The van der Waals surface area contributed by atoms with Crippen molar-refractivity contribution in [3.63, 3.8) is 0 Å². The van der Waals surface area contributed by atoms with Crippen LogP contribution in [0.2, 0.25) is 0 Å². The Labute approximate surface area is 145 Å². The number of para-hydroxylation sites is 2. The van der Waals surface area contributed by atoms with Crippen molar-refractivity contribution < 1.29 is 4.92 Å². The van der Waals surface area contributed by atoms with E-state index in [1.165, 1.54) is 10.9 Å². The first-order valence-electron chi connectivity index (χ1n) is 7.72. The Morgan fingerprint density at radius 1 is 1.21 bits per heavy atom. The van der Waals surface area contributed by atoms with Crippen molar-refractivity contribution in [3.05, 3.63) is 56.8 Å². The fourth-order valence-corrected chi connectivity index (χ4v) is 2.69. The van der Waals surface area contributed by atoms with E-state index in [1.807, 2.05) is 24.4 Å². The average Bonchev–Trinajstić information content (AvgIpc) is 3.10. The summed E-state index contributed by atoms with van der Waals surface area (Å²) in [7, 11) is 0. The molecule has 0 spiro atoms. The molecule has 0 amide bonds. The molecule has 7 nitrogen and oxygen atoms in total. The molecule has 0 unspecified atom stereocenters. The number of guanidine groups is 1. The van der Waals surface area contributed by atoms with Crippen LogP contribution < -0.4 is 16.0 Å². The van der Waals surface area contributed by atoms with Crippen molar-refractivity contribution in [2.24, 2.45) is 4.99 Å². The fourth-order valence-electron chi connectivity index (χ4n) is 2.06. The maximum absolute atomic E-state index is 11.0. The van der Waals surface area contributed by atoms with E-state index in [1.54, 1.807) is 29.5 Å². The molecule has 0 aliphatic heterocycles. The molecule has 0 radical (unpaired) electrons. The molecule has 1 aromatic carbocycles. The SMILES string of the molecule is CCNC(=NCc1cccs1)NCCNc1ccccc1[N+](=O)[O-]. The number of benzene rings is 1. The molecule has 128 valence electrons. The molecule has 2 rings (SSSR count). The van der Waals surface area contributed by atoms with Crippen molar-refractivity contribution in [1.29, 1.82) is 0 Å². The van der Waals surface area contributed by atoms with Gasteiger partial charge in [-0.05, 0) is 24.4 Å². The van der Waals surface area contributed by atoms with Crippen LogP contribution in [0.1, 0.15) is 11.8 Å². The fraction of sp³-hybridized carbons (Fsp3) is 0.312. The monoisotopic (exact) mass is 347 g/mol. The van der Waals surface area contributed by atoms with Gasteiger partial charge in [-0.25, -0.2) is 4.99 Å². The number of hydrogen-bond acceptors (Lipinski definition) is 5. The highest BCUT2D eigenvalue weighted by Gasteiger charge is 2.11. The lowest BCUT2D eigenvalue weighted by Crippen LogP contribution is -2.39. The summed E-state index contributed by atoms with van der Waals surface area (Å²) in [5.74, 6) is 0.732. The van der Waals surface area contributed by atoms with E-state index in [0.717, 1.165) is 12.5 Å². The van der Waals surface area contributed by atoms with Crippen LogP contribution in [0.15, 0.2) is 46.8 Å². The molecule has 1 aromatic heterocycles. The van der Waals surface area contributed by atoms with Crippen LogP contribution in [-0.4, -0.2) is 30.5 Å². The summed E-state index contributed by atoms with van der Waals surface area (Å²) in [5, 5.41) is 22.5. The standard InChI is InChI=1S/C16H21N5O2S/c1-2-17-16(20-12-13-6-5-11-24-13)19-10-9-18-14-7-3-4-8-15(14)21(22)23/h3-8,11,18H,2,9-10,12H2,1H3,(H2,17,19,20). The molecule has 8 heteroatoms. The first-order valence-corrected chi connectivity index (χ1v) is 8.60. The normalized spacial score (nSPS) is 11.1. The van der Waals surface area contributed by atoms with Gasteiger partial charge in [0, 0.05) is 30.6 Å². The van der Waals surface area contributed by atoms with Crippen molar-refractivity contribution in [2.45, 2.75) is 13.5 Å². The molecule has 0 saturated heterocycles. The van der Waals surface area contributed by atoms with E-state index in [2.05, 4.69) is 20.9 Å². The maximum atomic E-state index is 11.0. The first-order chi connectivity index (χ1) is 11.7. The topological polar surface area (TPSA) is 91.6 Å². The third-order valence-corrected chi connectivity index (χ3v) is 4.01. The number of rotatable bonds is 8. The Kier molecular flexibility index (Phi) is 7.03. The highest BCUT2D eigenvalue weighted by molar-refractivity contribution is 7.09. The third-order valence-electron chi connectivity index (χ3n) is 3.15. The van der Waals surface area contributed by atoms with Gasteiger partial charge < -0.3 is 16.0 Å². The number of aliphatic imine (C=N–C) groups is 1. The van der Waals surface area contributed by atoms with Crippen molar-refractivity contribution in [3.8, 4) is 0 Å². The predicted octanol–water partition coefficient (Wildman–Crippen LogP) is 2.82. The van der Waals surface area contributed by atoms with E-state index < -0.39 is 0 Å². The average molecular weight is 347 g/mol. The summed E-state index contributed by atoms with van der Waals surface area (Å²) < 4.78 is 0. The van der Waals surface area contributed by atoms with Gasteiger partial charge in [-0.3, -0.25) is 10.1 Å². The van der Waals surface area contributed by atoms with E-state index in [4.69, 9.17) is 0 Å². The van der Waals surface area contributed by atoms with Gasteiger partial charge in [-0.1, -0.05) is 18.2 Å². The first kappa shape index (κ1) is 17.7. The summed E-state index contributed by atoms with van der Waals surface area (Å²) in [6.45, 7) is 4.56. The van der Waals surface area contributed by atoms with Crippen LogP contribution in [0, 0.1) is 10.1 Å². The van der Waals surface area contributed by atoms with Gasteiger partial charge in [0.05, 0.1) is 11.5 Å². The summed E-state index contributed by atoms with van der Waals surface area (Å²) in [5.41, 5.74) is 0.598. The zero-order valence-corrected chi connectivity index (χ0v) is 14.3. The number of nitrogens with one attached hydrogen (secondary N) is 3. The Hall–Kier alpha value is -2.61. The van der Waals surface area contributed by atoms with Gasteiger partial charge >= 0.3 is 0 Å². The molecule has 0 aliphatic carbocycles. The Morgan fingerprint density at radius 2 is 2.04 bits per heavy atom. The summed E-state index contributed by atoms with van der Waals surface area (Å²) >= 11 is 1.67. The minimum absolute atomic E-state index is 0.0794. The summed E-state index contributed by atoms with van der Waals surface area (Å²) in [6.07, 6.45) is 0. The molecule has 0 saturated carbocycles. The Balaban J connectivity index is 1.82. The van der Waals surface area contributed by atoms with E-state index in [0.29, 0.717) is 25.3 Å². The molecule has 0 bridgehead atoms. The number of nitro groups is 1. The smallest absolute Gasteiger partial charge is 0.292 e. The van der Waals surface area contributed by atoms with E-state index >= 15 is 0 Å². The van der Waals surface area contributed by atoms with Crippen LogP contribution in [-0.2, 0) is 6.54 Å². The lowest BCUT2D eigenvalue weighted by molar-refractivity contribution is -0.384. The number of thiophene rings is 1. The van der Waals surface area contributed by atoms with Crippen LogP contribution in [0.3, 0.4) is 0 Å². The Bertz CT molecular complexity index is 673. The highest BCUT2D eigenvalue weighted by Crippen LogP contribution is 2.22. The van der Waals surface area contributed by atoms with Crippen LogP contribution >= 0.6 is 11.3 Å². The Morgan fingerprint density at radius 3 is 2.75 bits per heavy atom. The van der Waals surface area contributed by atoms with Gasteiger partial charge in [-0.2, -0.15) is 0 Å². The molecule has 3 N–H and O–H groups in total. The van der Waals surface area contributed by atoms with Gasteiger partial charge in [0.25, 0.3) is 5.69 Å². The van der Waals surface area contributed by atoms with E-state index in [9.17, 15) is 10.1 Å². The molecule has 2 aromatic rings. The summed E-state index contributed by atoms with van der Waals surface area (Å²) in [6, 6.07) is 10.7. The maximum Gasteiger partial charge on any atom is 0.292 e. The number of hydrogen-bond donors (Lipinski definition) is 3. The van der Waals surface area contributed by atoms with Gasteiger partial charge in [0.15, 0.2) is 5.96 Å². The largest absolute Gasteiger partial charge is 0.378 e. The minimum atomic E-state index is -0.387. The zero-order valence-electron chi connectivity index (χ0n) is 13.5. The second kappa shape index (κ2) is 9.51. The van der Waals surface area contributed by atoms with Crippen molar-refractivity contribution in [2.75, 3.05) is 25.0 Å². The van der Waals surface area contributed by atoms with E-state index in [-0.39, 0.29) is 10.6 Å². The minimum Gasteiger partial charge on any atom is -0.378 e. The molecule has 0 aliphatic rings. The van der Waals surface area contributed by atoms with Crippen LogP contribution in [0.4, 0.5) is 11.4 Å². The van der Waals surface area contributed by atoms with Crippen molar-refractivity contribution in [1.82, 2.24) is 10.6 Å². The molecule has 0 atom stereocenters. The second-order valence-electron chi connectivity index (χ2n) is 4.90. The molecular formula is C16H21N5O2S. The van der Waals surface area contributed by atoms with Crippen LogP contribution in [0.25, 0.3) is 0 Å². The number of nitrogens with zero attached hydrogens (tertiary/aromatic N) is 2. The number of nitro benzene ring substituents is 1. The quantitative estimate of drug-likeness (QED) is 0.224. The molecular weight excluding hydrogens is 326 g/mol. The third kappa shape index (κ3) is 5.54. The van der Waals surface area contributed by atoms with Gasteiger partial charge in [0.1, 0.15) is 5.69 Å². The zero-order chi connectivity index (χ0) is 17.2. The van der Waals surface area contributed by atoms with Crippen LogP contribution in [0.5, 0.6) is 0 Å². The lowest BCUT2D eigenvalue weighted by Gasteiger charge is -2.12. The lowest BCUT2D eigenvalue weighted by atomic mass is 10.2. The molecule has 1 heterocycles. The van der Waals surface area contributed by atoms with Crippen molar-refractivity contribution >= 4 is 28.7 Å². The van der Waals surface area contributed by atoms with Gasteiger partial charge in [0.2, 0.25) is 0 Å². The molecule has 24 heavy (non-hydrogen) atoms. The highest BCUT2D eigenvalue weighted by atomic mass is 32.1. The predicted molar refractivity (Wildman–Crippen MR) is 98.7 cm³/mol. The number of anilines is 1. The second-order valence-corrected chi connectivity index (χ2v) is 5.93. The molecule has 0 fully saturated rings. The summed E-state index contributed by atoms with van der Waals surface area (Å²) in [4.78, 5) is 16.3. The van der Waals surface area contributed by atoms with Gasteiger partial charge in [-0.15, -0.1) is 11.3 Å².